The number of hydrogen-bond donors (Lipinski definition) is 1. The van der Waals surface area contributed by atoms with E-state index in [1.807, 2.05) is 36.4 Å². The Kier molecular flexibility index (Phi) is 4.79. The molecule has 0 spiro atoms. The first kappa shape index (κ1) is 16.1. The number of ether oxygens (including phenoxy) is 1. The van der Waals surface area contributed by atoms with Gasteiger partial charge < -0.3 is 15.0 Å². The number of nitrogens with one attached hydrogen (secondary N) is 1. The summed E-state index contributed by atoms with van der Waals surface area (Å²) in [7, 11) is 1.57. The fourth-order valence-electron chi connectivity index (χ4n) is 2.84. The molecular formula is C19H20N2O3. The van der Waals surface area contributed by atoms with E-state index in [2.05, 4.69) is 5.32 Å². The van der Waals surface area contributed by atoms with Crippen LogP contribution in [0.25, 0.3) is 0 Å². The first-order valence-corrected chi connectivity index (χ1v) is 7.99. The Labute approximate surface area is 141 Å². The normalized spacial score (nSPS) is 13.9. The van der Waals surface area contributed by atoms with E-state index in [0.717, 1.165) is 24.2 Å². The van der Waals surface area contributed by atoms with Crippen LogP contribution in [-0.4, -0.2) is 25.5 Å². The van der Waals surface area contributed by atoms with Gasteiger partial charge in [-0.05, 0) is 36.2 Å². The number of carbonyl (C=O) groups is 2. The van der Waals surface area contributed by atoms with Gasteiger partial charge in [0, 0.05) is 18.7 Å². The summed E-state index contributed by atoms with van der Waals surface area (Å²) in [6, 6.07) is 14.9. The van der Waals surface area contributed by atoms with Crippen molar-refractivity contribution >= 4 is 23.2 Å². The maximum Gasteiger partial charge on any atom is 0.228 e. The zero-order chi connectivity index (χ0) is 16.9. The topological polar surface area (TPSA) is 58.6 Å². The molecule has 0 aliphatic carbocycles. The van der Waals surface area contributed by atoms with Crippen LogP contribution in [0.3, 0.4) is 0 Å². The van der Waals surface area contributed by atoms with Gasteiger partial charge in [0.1, 0.15) is 5.75 Å². The second-order valence-electron chi connectivity index (χ2n) is 5.74. The Morgan fingerprint density at radius 1 is 1.17 bits per heavy atom. The van der Waals surface area contributed by atoms with Crippen LogP contribution in [0.4, 0.5) is 11.4 Å². The molecule has 0 aromatic heterocycles. The second kappa shape index (κ2) is 7.17. The number of hydrogen-bond acceptors (Lipinski definition) is 3. The van der Waals surface area contributed by atoms with Gasteiger partial charge in [-0.15, -0.1) is 0 Å². The van der Waals surface area contributed by atoms with Crippen molar-refractivity contribution in [2.75, 3.05) is 23.9 Å². The van der Waals surface area contributed by atoms with Crippen LogP contribution in [-0.2, 0) is 16.0 Å². The molecule has 0 bridgehead atoms. The maximum atomic E-state index is 12.2. The molecule has 1 aliphatic heterocycles. The molecule has 0 unspecified atom stereocenters. The van der Waals surface area contributed by atoms with Crippen molar-refractivity contribution in [1.82, 2.24) is 0 Å². The summed E-state index contributed by atoms with van der Waals surface area (Å²) in [5.74, 6) is 0.690. The number of methoxy groups -OCH3 is 1. The predicted octanol–water partition coefficient (Wildman–Crippen LogP) is 3.00. The monoisotopic (exact) mass is 324 g/mol. The highest BCUT2D eigenvalue weighted by molar-refractivity contribution is 5.96. The average molecular weight is 324 g/mol. The van der Waals surface area contributed by atoms with E-state index in [4.69, 9.17) is 4.74 Å². The van der Waals surface area contributed by atoms with Crippen LogP contribution in [0, 0.1) is 0 Å². The summed E-state index contributed by atoms with van der Waals surface area (Å²) < 4.78 is 5.23. The van der Waals surface area contributed by atoms with E-state index < -0.39 is 0 Å². The summed E-state index contributed by atoms with van der Waals surface area (Å²) in [5, 5.41) is 2.86. The van der Waals surface area contributed by atoms with E-state index >= 15 is 0 Å². The van der Waals surface area contributed by atoms with Crippen LogP contribution < -0.4 is 15.0 Å². The van der Waals surface area contributed by atoms with Gasteiger partial charge in [-0.1, -0.05) is 24.3 Å². The third-order valence-corrected chi connectivity index (χ3v) is 4.07. The number of anilines is 2. The van der Waals surface area contributed by atoms with Gasteiger partial charge in [0.15, 0.2) is 0 Å². The van der Waals surface area contributed by atoms with Crippen molar-refractivity contribution in [1.29, 1.82) is 0 Å². The Morgan fingerprint density at radius 3 is 2.58 bits per heavy atom. The lowest BCUT2D eigenvalue weighted by molar-refractivity contribution is -0.117. The highest BCUT2D eigenvalue weighted by Crippen LogP contribution is 2.24. The minimum absolute atomic E-state index is 0.107. The molecule has 2 aromatic rings. The van der Waals surface area contributed by atoms with Crippen LogP contribution in [0.5, 0.6) is 5.75 Å². The molecule has 0 saturated carbocycles. The summed E-state index contributed by atoms with van der Waals surface area (Å²) in [6.45, 7) is 0.770. The lowest BCUT2D eigenvalue weighted by atomic mass is 10.1. The van der Waals surface area contributed by atoms with E-state index in [9.17, 15) is 9.59 Å². The number of carbonyl (C=O) groups excluding carboxylic acids is 2. The van der Waals surface area contributed by atoms with Gasteiger partial charge in [0.25, 0.3) is 0 Å². The third-order valence-electron chi connectivity index (χ3n) is 4.07. The summed E-state index contributed by atoms with van der Waals surface area (Å²) >= 11 is 0. The summed E-state index contributed by atoms with van der Waals surface area (Å²) in [4.78, 5) is 25.8. The lowest BCUT2D eigenvalue weighted by Crippen LogP contribution is -2.23. The molecular weight excluding hydrogens is 304 g/mol. The quantitative estimate of drug-likeness (QED) is 0.920. The number of para-hydroxylation sites is 2. The standard InChI is InChI=1S/C19H20N2O3/c1-24-17-6-3-2-5-16(17)20-18(22)13-14-8-10-15(11-9-14)21-12-4-7-19(21)23/h2-3,5-6,8-11H,4,7,12-13H2,1H3,(H,20,22). The van der Waals surface area contributed by atoms with E-state index in [1.54, 1.807) is 24.1 Å². The Balaban J connectivity index is 1.63. The zero-order valence-electron chi connectivity index (χ0n) is 13.6. The van der Waals surface area contributed by atoms with Gasteiger partial charge >= 0.3 is 0 Å². The zero-order valence-corrected chi connectivity index (χ0v) is 13.6. The van der Waals surface area contributed by atoms with E-state index in [-0.39, 0.29) is 18.2 Å². The molecule has 1 heterocycles. The molecule has 124 valence electrons. The highest BCUT2D eigenvalue weighted by Gasteiger charge is 2.21. The molecule has 0 atom stereocenters. The summed E-state index contributed by atoms with van der Waals surface area (Å²) in [6.07, 6.45) is 1.79. The number of amides is 2. The summed E-state index contributed by atoms with van der Waals surface area (Å²) in [5.41, 5.74) is 2.45. The maximum absolute atomic E-state index is 12.2. The predicted molar refractivity (Wildman–Crippen MR) is 93.4 cm³/mol. The van der Waals surface area contributed by atoms with Crippen LogP contribution >= 0.6 is 0 Å². The van der Waals surface area contributed by atoms with Gasteiger partial charge in [-0.25, -0.2) is 0 Å². The van der Waals surface area contributed by atoms with Gasteiger partial charge in [0.2, 0.25) is 11.8 Å². The number of benzene rings is 2. The Morgan fingerprint density at radius 2 is 1.92 bits per heavy atom. The molecule has 5 nitrogen and oxygen atoms in total. The lowest BCUT2D eigenvalue weighted by Gasteiger charge is -2.16. The molecule has 2 aromatic carbocycles. The molecule has 2 amide bonds. The van der Waals surface area contributed by atoms with Crippen LogP contribution in [0.1, 0.15) is 18.4 Å². The molecule has 1 N–H and O–H groups in total. The van der Waals surface area contributed by atoms with Crippen molar-refractivity contribution in [2.24, 2.45) is 0 Å². The first-order chi connectivity index (χ1) is 11.7. The largest absolute Gasteiger partial charge is 0.495 e. The van der Waals surface area contributed by atoms with Crippen molar-refractivity contribution in [3.8, 4) is 5.75 Å². The van der Waals surface area contributed by atoms with Crippen molar-refractivity contribution in [2.45, 2.75) is 19.3 Å². The molecule has 1 aliphatic rings. The van der Waals surface area contributed by atoms with Gasteiger partial charge in [-0.3, -0.25) is 9.59 Å². The fourth-order valence-corrected chi connectivity index (χ4v) is 2.84. The van der Waals surface area contributed by atoms with Crippen molar-refractivity contribution in [3.63, 3.8) is 0 Å². The van der Waals surface area contributed by atoms with Crippen LogP contribution in [0.15, 0.2) is 48.5 Å². The fraction of sp³-hybridized carbons (Fsp3) is 0.263. The molecule has 24 heavy (non-hydrogen) atoms. The molecule has 0 radical (unpaired) electrons. The highest BCUT2D eigenvalue weighted by atomic mass is 16.5. The van der Waals surface area contributed by atoms with Gasteiger partial charge in [0.05, 0.1) is 19.2 Å². The molecule has 1 saturated heterocycles. The molecule has 5 heteroatoms. The molecule has 1 fully saturated rings. The SMILES string of the molecule is COc1ccccc1NC(=O)Cc1ccc(N2CCCC2=O)cc1. The van der Waals surface area contributed by atoms with Crippen molar-refractivity contribution in [3.05, 3.63) is 54.1 Å². The minimum atomic E-state index is -0.107. The van der Waals surface area contributed by atoms with Crippen molar-refractivity contribution < 1.29 is 14.3 Å². The first-order valence-electron chi connectivity index (χ1n) is 7.99. The minimum Gasteiger partial charge on any atom is -0.495 e. The molecule has 3 rings (SSSR count). The van der Waals surface area contributed by atoms with Gasteiger partial charge in [-0.2, -0.15) is 0 Å². The second-order valence-corrected chi connectivity index (χ2v) is 5.74. The Bertz CT molecular complexity index is 741. The van der Waals surface area contributed by atoms with Crippen LogP contribution in [0.2, 0.25) is 0 Å². The third kappa shape index (κ3) is 3.56. The number of rotatable bonds is 5. The smallest absolute Gasteiger partial charge is 0.228 e. The Hall–Kier alpha value is -2.82. The van der Waals surface area contributed by atoms with E-state index in [0.29, 0.717) is 17.9 Å². The van der Waals surface area contributed by atoms with E-state index in [1.165, 1.54) is 0 Å². The number of nitrogens with zero attached hydrogens (tertiary/aromatic N) is 1. The average Bonchev–Trinajstić information content (AvgIpc) is 3.02.